The third-order valence-corrected chi connectivity index (χ3v) is 5.28. The summed E-state index contributed by atoms with van der Waals surface area (Å²) in [7, 11) is -2.32. The molecule has 0 fully saturated rings. The van der Waals surface area contributed by atoms with Gasteiger partial charge < -0.3 is 11.1 Å². The maximum atomic E-state index is 12.5. The van der Waals surface area contributed by atoms with Crippen LogP contribution in [0.3, 0.4) is 0 Å². The van der Waals surface area contributed by atoms with Crippen LogP contribution >= 0.6 is 0 Å². The topological polar surface area (TPSA) is 136 Å². The Bertz CT molecular complexity index is 1120. The van der Waals surface area contributed by atoms with Gasteiger partial charge in [-0.2, -0.15) is 5.10 Å². The van der Waals surface area contributed by atoms with Gasteiger partial charge in [0.05, 0.1) is 10.6 Å². The van der Waals surface area contributed by atoms with E-state index in [2.05, 4.69) is 15.1 Å². The predicted molar refractivity (Wildman–Crippen MR) is 103 cm³/mol. The van der Waals surface area contributed by atoms with Crippen LogP contribution in [-0.4, -0.2) is 37.1 Å². The van der Waals surface area contributed by atoms with Gasteiger partial charge in [0, 0.05) is 24.5 Å². The number of carbonyl (C=O) groups excluding carboxylic acids is 2. The highest BCUT2D eigenvalue weighted by molar-refractivity contribution is 7.92. The Hall–Kier alpha value is -3.66. The van der Waals surface area contributed by atoms with Gasteiger partial charge in [0.2, 0.25) is 0 Å². The molecule has 2 amide bonds. The monoisotopic (exact) mass is 399 g/mol. The summed E-state index contributed by atoms with van der Waals surface area (Å²) < 4.78 is 28.9. The first-order chi connectivity index (χ1) is 13.3. The summed E-state index contributed by atoms with van der Waals surface area (Å²) in [5.41, 5.74) is 6.64. The lowest BCUT2D eigenvalue weighted by atomic mass is 10.2. The van der Waals surface area contributed by atoms with E-state index in [1.165, 1.54) is 42.1 Å². The maximum Gasteiger partial charge on any atom is 0.269 e. The lowest BCUT2D eigenvalue weighted by Gasteiger charge is -2.09. The second-order valence-electron chi connectivity index (χ2n) is 5.77. The Kier molecular flexibility index (Phi) is 5.14. The van der Waals surface area contributed by atoms with Crippen molar-refractivity contribution in [1.82, 2.24) is 15.1 Å². The molecule has 144 valence electrons. The fourth-order valence-corrected chi connectivity index (χ4v) is 3.48. The molecule has 3 aromatic rings. The van der Waals surface area contributed by atoms with Crippen molar-refractivity contribution >= 4 is 27.5 Å². The molecule has 2 aromatic carbocycles. The summed E-state index contributed by atoms with van der Waals surface area (Å²) in [6.07, 6.45) is 1.58. The van der Waals surface area contributed by atoms with Crippen molar-refractivity contribution in [3.8, 4) is 5.69 Å². The molecule has 1 aromatic heterocycles. The molecule has 0 aliphatic heterocycles. The zero-order chi connectivity index (χ0) is 20.3. The van der Waals surface area contributed by atoms with Crippen LogP contribution in [0.1, 0.15) is 20.8 Å². The molecule has 0 radical (unpaired) electrons. The highest BCUT2D eigenvalue weighted by Gasteiger charge is 2.15. The van der Waals surface area contributed by atoms with Crippen LogP contribution in [0.4, 0.5) is 5.69 Å². The number of benzene rings is 2. The number of sulfonamides is 1. The minimum atomic E-state index is -3.81. The number of hydrogen-bond donors (Lipinski definition) is 3. The third kappa shape index (κ3) is 4.01. The fourth-order valence-electron chi connectivity index (χ4n) is 2.43. The van der Waals surface area contributed by atoms with Crippen LogP contribution in [0, 0.1) is 0 Å². The number of hydrogen-bond acceptors (Lipinski definition) is 5. The van der Waals surface area contributed by atoms with Gasteiger partial charge in [-0.15, -0.1) is 0 Å². The van der Waals surface area contributed by atoms with E-state index in [4.69, 9.17) is 5.73 Å². The lowest BCUT2D eigenvalue weighted by Crippen LogP contribution is -2.18. The number of primary amides is 1. The molecule has 3 rings (SSSR count). The quantitative estimate of drug-likeness (QED) is 0.571. The van der Waals surface area contributed by atoms with E-state index < -0.39 is 15.9 Å². The minimum absolute atomic E-state index is 0.0300. The summed E-state index contributed by atoms with van der Waals surface area (Å²) in [5, 5.41) is 6.50. The number of amides is 2. The molecule has 0 aliphatic rings. The number of nitrogens with one attached hydrogen (secondary N) is 2. The van der Waals surface area contributed by atoms with E-state index in [0.29, 0.717) is 16.9 Å². The number of nitrogens with zero attached hydrogens (tertiary/aromatic N) is 2. The van der Waals surface area contributed by atoms with Crippen LogP contribution in [0.2, 0.25) is 0 Å². The second kappa shape index (κ2) is 7.53. The predicted octanol–water partition coefficient (Wildman–Crippen LogP) is 1.13. The van der Waals surface area contributed by atoms with E-state index in [0.717, 1.165) is 0 Å². The van der Waals surface area contributed by atoms with Crippen LogP contribution in [0.15, 0.2) is 65.7 Å². The Balaban J connectivity index is 1.77. The van der Waals surface area contributed by atoms with Crippen molar-refractivity contribution < 1.29 is 18.0 Å². The minimum Gasteiger partial charge on any atom is -0.364 e. The molecule has 9 nitrogen and oxygen atoms in total. The van der Waals surface area contributed by atoms with Crippen molar-refractivity contribution in [3.63, 3.8) is 0 Å². The number of anilines is 1. The zero-order valence-corrected chi connectivity index (χ0v) is 15.6. The Morgan fingerprint density at radius 2 is 1.64 bits per heavy atom. The molecule has 0 aliphatic carbocycles. The molecule has 1 heterocycles. The molecule has 0 saturated heterocycles. The first kappa shape index (κ1) is 19.1. The average molecular weight is 399 g/mol. The number of carbonyl (C=O) groups is 2. The maximum absolute atomic E-state index is 12.5. The highest BCUT2D eigenvalue weighted by atomic mass is 32.2. The van der Waals surface area contributed by atoms with E-state index in [-0.39, 0.29) is 16.5 Å². The number of rotatable bonds is 6. The molecule has 10 heteroatoms. The van der Waals surface area contributed by atoms with E-state index in [1.807, 2.05) is 0 Å². The second-order valence-corrected chi connectivity index (χ2v) is 7.45. The van der Waals surface area contributed by atoms with E-state index in [1.54, 1.807) is 30.5 Å². The number of aromatic nitrogens is 2. The van der Waals surface area contributed by atoms with Crippen LogP contribution in [0.5, 0.6) is 0 Å². The molecular formula is C18H17N5O4S. The van der Waals surface area contributed by atoms with E-state index in [9.17, 15) is 18.0 Å². The summed E-state index contributed by atoms with van der Waals surface area (Å²) in [4.78, 5) is 22.7. The van der Waals surface area contributed by atoms with Crippen molar-refractivity contribution in [3.05, 3.63) is 72.1 Å². The molecular weight excluding hydrogens is 382 g/mol. The SMILES string of the molecule is CNC(=O)c1ccc(S(=O)(=O)Nc2ccc(-n3ccc(C(N)=O)n3)cc2)cc1. The molecule has 28 heavy (non-hydrogen) atoms. The molecule has 0 spiro atoms. The van der Waals surface area contributed by atoms with Crippen molar-refractivity contribution in [1.29, 1.82) is 0 Å². The van der Waals surface area contributed by atoms with Gasteiger partial charge >= 0.3 is 0 Å². The van der Waals surface area contributed by atoms with Crippen LogP contribution in [0.25, 0.3) is 5.69 Å². The summed E-state index contributed by atoms with van der Waals surface area (Å²) >= 11 is 0. The van der Waals surface area contributed by atoms with Gasteiger partial charge in [0.15, 0.2) is 0 Å². The van der Waals surface area contributed by atoms with Gasteiger partial charge in [0.1, 0.15) is 5.69 Å². The van der Waals surface area contributed by atoms with Crippen molar-refractivity contribution in [2.75, 3.05) is 11.8 Å². The van der Waals surface area contributed by atoms with Crippen LogP contribution < -0.4 is 15.8 Å². The summed E-state index contributed by atoms with van der Waals surface area (Å²) in [6, 6.07) is 13.5. The summed E-state index contributed by atoms with van der Waals surface area (Å²) in [6.45, 7) is 0. The van der Waals surface area contributed by atoms with Gasteiger partial charge in [-0.1, -0.05) is 0 Å². The highest BCUT2D eigenvalue weighted by Crippen LogP contribution is 2.18. The fraction of sp³-hybridized carbons (Fsp3) is 0.0556. The van der Waals surface area contributed by atoms with Gasteiger partial charge in [-0.3, -0.25) is 14.3 Å². The first-order valence-electron chi connectivity index (χ1n) is 8.11. The third-order valence-electron chi connectivity index (χ3n) is 3.88. The lowest BCUT2D eigenvalue weighted by molar-refractivity contribution is 0.0961. The first-order valence-corrected chi connectivity index (χ1v) is 9.59. The van der Waals surface area contributed by atoms with Gasteiger partial charge in [-0.25, -0.2) is 13.1 Å². The molecule has 0 saturated carbocycles. The van der Waals surface area contributed by atoms with Crippen molar-refractivity contribution in [2.24, 2.45) is 5.73 Å². The van der Waals surface area contributed by atoms with Gasteiger partial charge in [-0.05, 0) is 54.6 Å². The summed E-state index contributed by atoms with van der Waals surface area (Å²) in [5.74, 6) is -0.934. The molecule has 0 atom stereocenters. The normalized spacial score (nSPS) is 11.0. The van der Waals surface area contributed by atoms with Gasteiger partial charge in [0.25, 0.3) is 21.8 Å². The smallest absolute Gasteiger partial charge is 0.269 e. The van der Waals surface area contributed by atoms with Crippen LogP contribution in [-0.2, 0) is 10.0 Å². The largest absolute Gasteiger partial charge is 0.364 e. The Morgan fingerprint density at radius 3 is 2.18 bits per heavy atom. The molecule has 0 bridgehead atoms. The zero-order valence-electron chi connectivity index (χ0n) is 14.8. The Labute approximate surface area is 161 Å². The molecule has 0 unspecified atom stereocenters. The Morgan fingerprint density at radius 1 is 1.00 bits per heavy atom. The van der Waals surface area contributed by atoms with Crippen molar-refractivity contribution in [2.45, 2.75) is 4.90 Å². The molecule has 4 N–H and O–H groups in total. The van der Waals surface area contributed by atoms with E-state index >= 15 is 0 Å². The number of nitrogens with two attached hydrogens (primary N) is 1. The average Bonchev–Trinajstić information content (AvgIpc) is 3.18. The standard InChI is InChI=1S/C18H17N5O4S/c1-20-18(25)12-2-8-15(9-3-12)28(26,27)22-13-4-6-14(7-5-13)23-11-10-16(21-23)17(19)24/h2-11,22H,1H3,(H2,19,24)(H,20,25).